The summed E-state index contributed by atoms with van der Waals surface area (Å²) in [6.45, 7) is 0. The second-order valence-electron chi connectivity index (χ2n) is 0.247. The van der Waals surface area contributed by atoms with Crippen LogP contribution < -0.4 is 0 Å². The monoisotopic (exact) mass is 78.0 g/mol. The van der Waals surface area contributed by atoms with E-state index < -0.39 is 8.81 Å². The first-order valence-corrected chi connectivity index (χ1v) is 1.77. The molecule has 1 unspecified atom stereocenters. The third-order valence-electron chi connectivity index (χ3n) is 0.0527. The van der Waals surface area contributed by atoms with Crippen molar-refractivity contribution < 1.29 is 9.69 Å². The Kier molecular flexibility index (Phi) is 3.11. The zero-order chi connectivity index (χ0) is 3.41. The standard InChI is InChI=1S/CH3O2P/c2-1-4-3/h1,3-4H. The third-order valence-corrected chi connectivity index (χ3v) is 0.158. The second kappa shape index (κ2) is 3.06. The summed E-state index contributed by atoms with van der Waals surface area (Å²) < 4.78 is 0. The number of rotatable bonds is 1. The minimum Gasteiger partial charge on any atom is -0.369 e. The van der Waals surface area contributed by atoms with Crippen molar-refractivity contribution >= 4 is 14.8 Å². The predicted octanol–water partition coefficient (Wildman–Crippen LogP) is -0.238. The lowest BCUT2D eigenvalue weighted by atomic mass is 11.8. The minimum absolute atomic E-state index is 0.458. The third kappa shape index (κ3) is 2.06. The van der Waals surface area contributed by atoms with Crippen LogP contribution in [0.4, 0.5) is 0 Å². The minimum atomic E-state index is -0.540. The Morgan fingerprint density at radius 2 is 2.25 bits per heavy atom. The average Bonchev–Trinajstić information content (AvgIpc) is 1.37. The van der Waals surface area contributed by atoms with E-state index in [9.17, 15) is 0 Å². The maximum absolute atomic E-state index is 8.94. The first-order valence-electron chi connectivity index (χ1n) is 0.748. The second-order valence-corrected chi connectivity index (χ2v) is 0.741. The van der Waals surface area contributed by atoms with Crippen LogP contribution in [0.25, 0.3) is 0 Å². The van der Waals surface area contributed by atoms with Crippen LogP contribution in [0, 0.1) is 0 Å². The number of hydrogen-bond acceptors (Lipinski definition) is 2. The van der Waals surface area contributed by atoms with Crippen molar-refractivity contribution in [1.82, 2.24) is 0 Å². The molecule has 0 fully saturated rings. The summed E-state index contributed by atoms with van der Waals surface area (Å²) in [7, 11) is -0.540. The Hall–Kier alpha value is 0.0600. The molecule has 0 aliphatic rings. The van der Waals surface area contributed by atoms with Crippen LogP contribution in [0.15, 0.2) is 0 Å². The van der Waals surface area contributed by atoms with E-state index in [0.717, 1.165) is 0 Å². The lowest BCUT2D eigenvalue weighted by Gasteiger charge is -1.54. The van der Waals surface area contributed by atoms with Crippen LogP contribution in [0.2, 0.25) is 0 Å². The summed E-state index contributed by atoms with van der Waals surface area (Å²) in [5, 5.41) is 0. The Morgan fingerprint density at radius 3 is 2.25 bits per heavy atom. The summed E-state index contributed by atoms with van der Waals surface area (Å²) in [5.41, 5.74) is 0. The summed E-state index contributed by atoms with van der Waals surface area (Å²) in [4.78, 5) is 16.5. The summed E-state index contributed by atoms with van der Waals surface area (Å²) in [6.07, 6.45) is 0. The van der Waals surface area contributed by atoms with Gasteiger partial charge in [-0.25, -0.2) is 0 Å². The molecule has 0 saturated carbocycles. The molecule has 0 heterocycles. The highest BCUT2D eigenvalue weighted by atomic mass is 31.1. The highest BCUT2D eigenvalue weighted by Gasteiger charge is 1.53. The lowest BCUT2D eigenvalue weighted by molar-refractivity contribution is 0.563. The van der Waals surface area contributed by atoms with Crippen LogP contribution in [0.5, 0.6) is 0 Å². The van der Waals surface area contributed by atoms with Crippen molar-refractivity contribution in [2.24, 2.45) is 0 Å². The molecule has 0 saturated heterocycles. The van der Waals surface area contributed by atoms with Crippen LogP contribution in [-0.2, 0) is 4.79 Å². The predicted molar refractivity (Wildman–Crippen MR) is 17.3 cm³/mol. The molecular weight excluding hydrogens is 75.0 g/mol. The van der Waals surface area contributed by atoms with E-state index in [2.05, 4.69) is 0 Å². The zero-order valence-corrected chi connectivity index (χ0v) is 2.93. The van der Waals surface area contributed by atoms with Gasteiger partial charge in [-0.1, -0.05) is 0 Å². The fraction of sp³-hybridized carbons (Fsp3) is 0. The van der Waals surface area contributed by atoms with Gasteiger partial charge in [0.25, 0.3) is 0 Å². The van der Waals surface area contributed by atoms with Gasteiger partial charge in [-0.15, -0.1) is 0 Å². The van der Waals surface area contributed by atoms with Crippen LogP contribution in [-0.4, -0.2) is 10.9 Å². The molecule has 0 aromatic carbocycles. The molecule has 0 amide bonds. The van der Waals surface area contributed by atoms with Crippen molar-refractivity contribution in [3.63, 3.8) is 0 Å². The van der Waals surface area contributed by atoms with Gasteiger partial charge in [0.15, 0.2) is 6.03 Å². The first kappa shape index (κ1) is 4.06. The van der Waals surface area contributed by atoms with E-state index >= 15 is 0 Å². The van der Waals surface area contributed by atoms with Crippen molar-refractivity contribution in [2.75, 3.05) is 0 Å². The topological polar surface area (TPSA) is 37.3 Å². The fourth-order valence-corrected chi connectivity index (χ4v) is 0. The Morgan fingerprint density at radius 1 is 2.00 bits per heavy atom. The SMILES string of the molecule is O=CPO. The largest absolute Gasteiger partial charge is 0.369 e. The Labute approximate surface area is 25.7 Å². The molecule has 0 rings (SSSR count). The molecule has 2 nitrogen and oxygen atoms in total. The van der Waals surface area contributed by atoms with Crippen molar-refractivity contribution in [3.8, 4) is 0 Å². The first-order chi connectivity index (χ1) is 1.91. The zero-order valence-electron chi connectivity index (χ0n) is 1.93. The Bertz CT molecular complexity index is 20.0. The van der Waals surface area contributed by atoms with Gasteiger partial charge in [-0.3, -0.25) is 4.79 Å². The van der Waals surface area contributed by atoms with Crippen molar-refractivity contribution in [2.45, 2.75) is 0 Å². The van der Waals surface area contributed by atoms with E-state index in [4.69, 9.17) is 9.69 Å². The van der Waals surface area contributed by atoms with Crippen LogP contribution >= 0.6 is 8.81 Å². The number of hydrogen-bond donors (Lipinski definition) is 1. The van der Waals surface area contributed by atoms with E-state index in [1.165, 1.54) is 0 Å². The summed E-state index contributed by atoms with van der Waals surface area (Å²) in [5.74, 6) is 0. The molecule has 3 heteroatoms. The lowest BCUT2D eigenvalue weighted by Crippen LogP contribution is -1.40. The van der Waals surface area contributed by atoms with Crippen molar-refractivity contribution in [1.29, 1.82) is 0 Å². The van der Waals surface area contributed by atoms with Gasteiger partial charge >= 0.3 is 0 Å². The molecule has 0 radical (unpaired) electrons. The smallest absolute Gasteiger partial charge is 0.165 e. The molecule has 0 aromatic rings. The molecule has 0 aliphatic carbocycles. The highest BCUT2D eigenvalue weighted by Crippen LogP contribution is 1.86. The molecule has 0 aromatic heterocycles. The van der Waals surface area contributed by atoms with E-state index in [1.54, 1.807) is 0 Å². The molecule has 1 atom stereocenters. The summed E-state index contributed by atoms with van der Waals surface area (Å²) >= 11 is 0. The Balaban J connectivity index is 2.30. The molecule has 0 aliphatic heterocycles. The highest BCUT2D eigenvalue weighted by molar-refractivity contribution is 7.49. The summed E-state index contributed by atoms with van der Waals surface area (Å²) in [6, 6.07) is 0.458. The number of carbonyl (C=O) groups excluding carboxylic acids is 1. The van der Waals surface area contributed by atoms with Gasteiger partial charge in [0, 0.05) is 0 Å². The van der Waals surface area contributed by atoms with Crippen LogP contribution in [0.3, 0.4) is 0 Å². The van der Waals surface area contributed by atoms with Crippen molar-refractivity contribution in [3.05, 3.63) is 0 Å². The molecular formula is CH3O2P. The fourth-order valence-electron chi connectivity index (χ4n) is 0. The van der Waals surface area contributed by atoms with Gasteiger partial charge in [-0.05, 0) is 0 Å². The van der Waals surface area contributed by atoms with E-state index in [-0.39, 0.29) is 0 Å². The molecule has 0 bridgehead atoms. The molecule has 24 valence electrons. The quantitative estimate of drug-likeness (QED) is 0.347. The molecule has 4 heavy (non-hydrogen) atoms. The van der Waals surface area contributed by atoms with E-state index in [0.29, 0.717) is 6.03 Å². The number of carbonyl (C=O) groups is 1. The van der Waals surface area contributed by atoms with Gasteiger partial charge in [0.05, 0.1) is 8.81 Å². The van der Waals surface area contributed by atoms with Gasteiger partial charge in [0.2, 0.25) is 0 Å². The van der Waals surface area contributed by atoms with Gasteiger partial charge in [-0.2, -0.15) is 0 Å². The molecule has 1 N–H and O–H groups in total. The van der Waals surface area contributed by atoms with Gasteiger partial charge < -0.3 is 4.89 Å². The van der Waals surface area contributed by atoms with Crippen LogP contribution in [0.1, 0.15) is 0 Å². The molecule has 0 spiro atoms. The normalized spacial score (nSPS) is 9.25. The maximum Gasteiger partial charge on any atom is 0.165 e. The average molecular weight is 78.0 g/mol. The van der Waals surface area contributed by atoms with E-state index in [1.807, 2.05) is 0 Å². The van der Waals surface area contributed by atoms with Gasteiger partial charge in [0.1, 0.15) is 0 Å². The maximum atomic E-state index is 8.94.